The Morgan fingerprint density at radius 1 is 1.37 bits per heavy atom. The zero-order valence-corrected chi connectivity index (χ0v) is 12.5. The summed E-state index contributed by atoms with van der Waals surface area (Å²) < 4.78 is 6.17. The molecular formula is C13H14BrN3O2. The number of benzene rings is 1. The second-order valence-corrected chi connectivity index (χ2v) is 5.11. The van der Waals surface area contributed by atoms with Gasteiger partial charge in [-0.3, -0.25) is 9.89 Å². The highest BCUT2D eigenvalue weighted by Gasteiger charge is 2.14. The highest BCUT2D eigenvalue weighted by Crippen LogP contribution is 2.32. The van der Waals surface area contributed by atoms with Crippen LogP contribution in [0.25, 0.3) is 0 Å². The predicted octanol–water partition coefficient (Wildman–Crippen LogP) is 3.05. The van der Waals surface area contributed by atoms with Gasteiger partial charge in [-0.15, -0.1) is 0 Å². The molecule has 0 aliphatic heterocycles. The third kappa shape index (κ3) is 2.96. The number of aromatic nitrogens is 2. The lowest BCUT2D eigenvalue weighted by Gasteiger charge is -2.12. The fourth-order valence-electron chi connectivity index (χ4n) is 1.75. The predicted molar refractivity (Wildman–Crippen MR) is 76.7 cm³/mol. The number of methoxy groups -OCH3 is 1. The first-order valence-corrected chi connectivity index (χ1v) is 6.48. The first-order chi connectivity index (χ1) is 9.01. The van der Waals surface area contributed by atoms with Crippen molar-refractivity contribution in [2.75, 3.05) is 12.4 Å². The average Bonchev–Trinajstić information content (AvgIpc) is 2.78. The molecule has 5 nitrogen and oxygen atoms in total. The van der Waals surface area contributed by atoms with E-state index >= 15 is 0 Å². The van der Waals surface area contributed by atoms with Gasteiger partial charge in [-0.1, -0.05) is 15.9 Å². The summed E-state index contributed by atoms with van der Waals surface area (Å²) in [5, 5.41) is 9.48. The zero-order chi connectivity index (χ0) is 14.0. The Morgan fingerprint density at radius 2 is 2.11 bits per heavy atom. The van der Waals surface area contributed by atoms with Gasteiger partial charge in [-0.25, -0.2) is 0 Å². The topological polar surface area (TPSA) is 67.0 Å². The number of halogens is 1. The van der Waals surface area contributed by atoms with Gasteiger partial charge in [0.05, 0.1) is 12.8 Å². The zero-order valence-electron chi connectivity index (χ0n) is 10.9. The number of nitrogens with zero attached hydrogens (tertiary/aromatic N) is 1. The molecule has 1 heterocycles. The van der Waals surface area contributed by atoms with E-state index in [-0.39, 0.29) is 5.91 Å². The summed E-state index contributed by atoms with van der Waals surface area (Å²) in [4.78, 5) is 12.1. The summed E-state index contributed by atoms with van der Waals surface area (Å²) in [6.45, 7) is 3.74. The number of amides is 1. The molecular weight excluding hydrogens is 310 g/mol. The number of aromatic amines is 1. The largest absolute Gasteiger partial charge is 0.495 e. The molecule has 1 aromatic heterocycles. The van der Waals surface area contributed by atoms with Crippen LogP contribution < -0.4 is 10.1 Å². The highest BCUT2D eigenvalue weighted by atomic mass is 79.9. The van der Waals surface area contributed by atoms with Crippen LogP contribution in [0.15, 0.2) is 22.7 Å². The van der Waals surface area contributed by atoms with Crippen molar-refractivity contribution < 1.29 is 9.53 Å². The van der Waals surface area contributed by atoms with Crippen LogP contribution in [-0.2, 0) is 0 Å². The maximum absolute atomic E-state index is 12.1. The molecule has 2 rings (SSSR count). The molecule has 2 N–H and O–H groups in total. The quantitative estimate of drug-likeness (QED) is 0.912. The monoisotopic (exact) mass is 323 g/mol. The van der Waals surface area contributed by atoms with Crippen molar-refractivity contribution in [3.8, 4) is 5.75 Å². The summed E-state index contributed by atoms with van der Waals surface area (Å²) in [6, 6.07) is 5.41. The molecule has 1 aromatic carbocycles. The van der Waals surface area contributed by atoms with Crippen LogP contribution in [0.1, 0.15) is 21.7 Å². The van der Waals surface area contributed by atoms with Crippen molar-refractivity contribution in [3.05, 3.63) is 39.6 Å². The van der Waals surface area contributed by atoms with Gasteiger partial charge in [0.2, 0.25) is 0 Å². The number of anilines is 1. The molecule has 0 fully saturated rings. The first kappa shape index (κ1) is 13.6. The SMILES string of the molecule is COc1cc(Br)cc(C)c1NC(=O)c1cc(C)[nH]n1. The van der Waals surface area contributed by atoms with Gasteiger partial charge in [0.25, 0.3) is 5.91 Å². The molecule has 0 atom stereocenters. The van der Waals surface area contributed by atoms with Gasteiger partial charge < -0.3 is 10.1 Å². The summed E-state index contributed by atoms with van der Waals surface area (Å²) in [5.74, 6) is 0.334. The fraction of sp³-hybridized carbons (Fsp3) is 0.231. The van der Waals surface area contributed by atoms with Gasteiger partial charge in [0.15, 0.2) is 5.69 Å². The number of hydrogen-bond donors (Lipinski definition) is 2. The van der Waals surface area contributed by atoms with Crippen LogP contribution in [0.3, 0.4) is 0 Å². The summed E-state index contributed by atoms with van der Waals surface area (Å²) in [5.41, 5.74) is 2.75. The Bertz CT molecular complexity index is 622. The van der Waals surface area contributed by atoms with Crippen LogP contribution in [-0.4, -0.2) is 23.2 Å². The number of carbonyl (C=O) groups excluding carboxylic acids is 1. The Morgan fingerprint density at radius 3 is 2.68 bits per heavy atom. The number of nitrogens with one attached hydrogen (secondary N) is 2. The fourth-order valence-corrected chi connectivity index (χ4v) is 2.30. The van der Waals surface area contributed by atoms with Crippen LogP contribution in [0, 0.1) is 13.8 Å². The van der Waals surface area contributed by atoms with Crippen molar-refractivity contribution in [2.45, 2.75) is 13.8 Å². The number of carbonyl (C=O) groups is 1. The van der Waals surface area contributed by atoms with Crippen molar-refractivity contribution >= 4 is 27.5 Å². The maximum Gasteiger partial charge on any atom is 0.276 e. The van der Waals surface area contributed by atoms with Crippen molar-refractivity contribution in [1.82, 2.24) is 10.2 Å². The molecule has 100 valence electrons. The number of H-pyrrole nitrogens is 1. The van der Waals surface area contributed by atoms with Gasteiger partial charge >= 0.3 is 0 Å². The Labute approximate surface area is 119 Å². The molecule has 6 heteroatoms. The van der Waals surface area contributed by atoms with Gasteiger partial charge in [0.1, 0.15) is 5.75 Å². The average molecular weight is 324 g/mol. The molecule has 0 spiro atoms. The molecule has 0 saturated carbocycles. The van der Waals surface area contributed by atoms with E-state index < -0.39 is 0 Å². The lowest BCUT2D eigenvalue weighted by molar-refractivity contribution is 0.102. The molecule has 2 aromatic rings. The van der Waals surface area contributed by atoms with Crippen LogP contribution in [0.2, 0.25) is 0 Å². The van der Waals surface area contributed by atoms with Crippen LogP contribution >= 0.6 is 15.9 Å². The van der Waals surface area contributed by atoms with E-state index in [4.69, 9.17) is 4.74 Å². The third-order valence-corrected chi connectivity index (χ3v) is 3.12. The van der Waals surface area contributed by atoms with Gasteiger partial charge in [-0.2, -0.15) is 5.10 Å². The summed E-state index contributed by atoms with van der Waals surface area (Å²) >= 11 is 3.39. The minimum atomic E-state index is -0.270. The summed E-state index contributed by atoms with van der Waals surface area (Å²) in [7, 11) is 1.57. The normalized spacial score (nSPS) is 10.3. The summed E-state index contributed by atoms with van der Waals surface area (Å²) in [6.07, 6.45) is 0. The maximum atomic E-state index is 12.1. The van der Waals surface area contributed by atoms with E-state index in [0.29, 0.717) is 17.1 Å². The molecule has 19 heavy (non-hydrogen) atoms. The van der Waals surface area contributed by atoms with E-state index in [1.165, 1.54) is 0 Å². The van der Waals surface area contributed by atoms with E-state index in [1.807, 2.05) is 19.9 Å². The van der Waals surface area contributed by atoms with Gasteiger partial charge in [-0.05, 0) is 37.6 Å². The molecule has 0 saturated heterocycles. The van der Waals surface area contributed by atoms with E-state index in [1.54, 1.807) is 19.2 Å². The smallest absolute Gasteiger partial charge is 0.276 e. The minimum Gasteiger partial charge on any atom is -0.495 e. The highest BCUT2D eigenvalue weighted by molar-refractivity contribution is 9.10. The molecule has 1 amide bonds. The first-order valence-electron chi connectivity index (χ1n) is 5.68. The Kier molecular flexibility index (Phi) is 3.90. The number of aryl methyl sites for hydroxylation is 2. The second-order valence-electron chi connectivity index (χ2n) is 4.19. The molecule has 0 radical (unpaired) electrons. The minimum absolute atomic E-state index is 0.270. The van der Waals surface area contributed by atoms with Crippen LogP contribution in [0.4, 0.5) is 5.69 Å². The second kappa shape index (κ2) is 5.44. The molecule has 0 unspecified atom stereocenters. The van der Waals surface area contributed by atoms with E-state index in [9.17, 15) is 4.79 Å². The molecule has 0 aliphatic carbocycles. The number of ether oxygens (including phenoxy) is 1. The van der Waals surface area contributed by atoms with Crippen LogP contribution in [0.5, 0.6) is 5.75 Å². The van der Waals surface area contributed by atoms with E-state index in [2.05, 4.69) is 31.4 Å². The van der Waals surface area contributed by atoms with Crippen molar-refractivity contribution in [3.63, 3.8) is 0 Å². The Balaban J connectivity index is 2.31. The lowest BCUT2D eigenvalue weighted by Crippen LogP contribution is -2.14. The van der Waals surface area contributed by atoms with Crippen molar-refractivity contribution in [2.24, 2.45) is 0 Å². The molecule has 0 aliphatic rings. The van der Waals surface area contributed by atoms with Gasteiger partial charge in [0, 0.05) is 10.2 Å². The third-order valence-electron chi connectivity index (χ3n) is 2.66. The number of hydrogen-bond acceptors (Lipinski definition) is 3. The Hall–Kier alpha value is -1.82. The van der Waals surface area contributed by atoms with E-state index in [0.717, 1.165) is 15.7 Å². The van der Waals surface area contributed by atoms with Crippen molar-refractivity contribution in [1.29, 1.82) is 0 Å². The number of rotatable bonds is 3. The lowest BCUT2D eigenvalue weighted by atomic mass is 10.2. The molecule has 0 bridgehead atoms. The standard InChI is InChI=1S/C13H14BrN3O2/c1-7-4-9(14)6-11(19-3)12(7)15-13(18)10-5-8(2)16-17-10/h4-6H,1-3H3,(H,15,18)(H,16,17).